The zero-order valence-corrected chi connectivity index (χ0v) is 21.5. The van der Waals surface area contributed by atoms with E-state index in [0.29, 0.717) is 34.4 Å². The Morgan fingerprint density at radius 2 is 1.89 bits per heavy atom. The maximum atomic E-state index is 13.1. The Morgan fingerprint density at radius 3 is 2.56 bits per heavy atom. The molecule has 0 fully saturated rings. The number of aromatic nitrogens is 2. The minimum Gasteiger partial charge on any atom is -0.465 e. The molecule has 0 atom stereocenters. The van der Waals surface area contributed by atoms with Gasteiger partial charge < -0.3 is 14.5 Å². The summed E-state index contributed by atoms with van der Waals surface area (Å²) < 4.78 is 11.1. The lowest BCUT2D eigenvalue weighted by molar-refractivity contribution is -0.149. The van der Waals surface area contributed by atoms with Crippen LogP contribution in [0.5, 0.6) is 0 Å². The van der Waals surface area contributed by atoms with E-state index in [1.807, 2.05) is 76.2 Å². The van der Waals surface area contributed by atoms with E-state index in [-0.39, 0.29) is 5.70 Å². The topological polar surface area (TPSA) is 77.2 Å². The minimum atomic E-state index is -0.673. The Labute approximate surface area is 216 Å². The highest BCUT2D eigenvalue weighted by Crippen LogP contribution is 2.27. The zero-order chi connectivity index (χ0) is 25.7. The van der Waals surface area contributed by atoms with Crippen molar-refractivity contribution in [2.24, 2.45) is 0 Å². The lowest BCUT2D eigenvalue weighted by Gasteiger charge is -2.21. The largest absolute Gasteiger partial charge is 0.465 e. The maximum Gasteiger partial charge on any atom is 0.355 e. The number of ether oxygens (including phenoxy) is 1. The molecule has 0 aliphatic heterocycles. The summed E-state index contributed by atoms with van der Waals surface area (Å²) in [6, 6.07) is 19.2. The van der Waals surface area contributed by atoms with E-state index < -0.39 is 11.6 Å². The van der Waals surface area contributed by atoms with Crippen molar-refractivity contribution in [3.8, 4) is 11.3 Å². The summed E-state index contributed by atoms with van der Waals surface area (Å²) >= 11 is 6.30. The van der Waals surface area contributed by atoms with Crippen LogP contribution in [-0.4, -0.2) is 21.5 Å². The van der Waals surface area contributed by atoms with Crippen LogP contribution in [0.1, 0.15) is 43.4 Å². The molecule has 2 aromatic carbocycles. The van der Waals surface area contributed by atoms with Crippen LogP contribution in [0.25, 0.3) is 17.3 Å². The van der Waals surface area contributed by atoms with Gasteiger partial charge in [0, 0.05) is 23.1 Å². The molecule has 4 rings (SSSR count). The van der Waals surface area contributed by atoms with Crippen LogP contribution in [0.15, 0.2) is 83.2 Å². The van der Waals surface area contributed by atoms with Gasteiger partial charge in [-0.25, -0.2) is 14.8 Å². The summed E-state index contributed by atoms with van der Waals surface area (Å²) in [6.45, 7) is 7.43. The number of hydrogen-bond acceptors (Lipinski definition) is 6. The van der Waals surface area contributed by atoms with Crippen molar-refractivity contribution < 1.29 is 13.9 Å². The van der Waals surface area contributed by atoms with Crippen molar-refractivity contribution in [2.45, 2.75) is 39.7 Å². The first-order valence-corrected chi connectivity index (χ1v) is 12.0. The summed E-state index contributed by atoms with van der Waals surface area (Å²) in [4.78, 5) is 22.6. The van der Waals surface area contributed by atoms with Gasteiger partial charge in [0.05, 0.1) is 23.8 Å². The first-order chi connectivity index (χ1) is 17.2. The molecule has 36 heavy (non-hydrogen) atoms. The smallest absolute Gasteiger partial charge is 0.355 e. The molecular formula is C29H28ClN3O3. The number of halogens is 1. The standard InChI is InChI=1S/C29H28ClN3O3/c1-19-13-21(16-22(30)14-19)26-18-31-27(24(32-26)15-20-9-6-5-7-10-20)33-25(17-23-11-8-12-35-23)28(34)36-29(2,3)4/h5-14,16-18H,15H2,1-4H3,(H,31,33)/b25-17-. The van der Waals surface area contributed by atoms with Gasteiger partial charge in [0.25, 0.3) is 0 Å². The van der Waals surface area contributed by atoms with Gasteiger partial charge in [-0.1, -0.05) is 41.9 Å². The van der Waals surface area contributed by atoms with Crippen molar-refractivity contribution in [1.29, 1.82) is 0 Å². The van der Waals surface area contributed by atoms with Crippen LogP contribution in [0.4, 0.5) is 5.82 Å². The van der Waals surface area contributed by atoms with Crippen LogP contribution in [0.3, 0.4) is 0 Å². The second-order valence-corrected chi connectivity index (χ2v) is 9.87. The van der Waals surface area contributed by atoms with Gasteiger partial charge in [-0.2, -0.15) is 0 Å². The fourth-order valence-electron chi connectivity index (χ4n) is 3.59. The third kappa shape index (κ3) is 6.83. The van der Waals surface area contributed by atoms with Gasteiger partial charge in [0.1, 0.15) is 17.1 Å². The molecule has 4 aromatic rings. The van der Waals surface area contributed by atoms with Gasteiger partial charge in [0.15, 0.2) is 5.82 Å². The van der Waals surface area contributed by atoms with Crippen molar-refractivity contribution in [2.75, 3.05) is 5.32 Å². The number of esters is 1. The van der Waals surface area contributed by atoms with Gasteiger partial charge in [-0.15, -0.1) is 0 Å². The molecule has 7 heteroatoms. The summed E-state index contributed by atoms with van der Waals surface area (Å²) in [7, 11) is 0. The van der Waals surface area contributed by atoms with E-state index in [1.54, 1.807) is 30.7 Å². The summed E-state index contributed by atoms with van der Waals surface area (Å²) in [6.07, 6.45) is 5.31. The normalized spacial score (nSPS) is 11.9. The fourth-order valence-corrected chi connectivity index (χ4v) is 3.88. The molecule has 0 bridgehead atoms. The number of nitrogens with one attached hydrogen (secondary N) is 1. The van der Waals surface area contributed by atoms with Crippen LogP contribution in [0, 0.1) is 6.92 Å². The highest BCUT2D eigenvalue weighted by Gasteiger charge is 2.22. The average Bonchev–Trinajstić information content (AvgIpc) is 3.32. The SMILES string of the molecule is Cc1cc(Cl)cc(-c2cnc(N/C(=C\c3ccco3)C(=O)OC(C)(C)C)c(Cc3ccccc3)n2)c1. The third-order valence-electron chi connectivity index (χ3n) is 5.10. The summed E-state index contributed by atoms with van der Waals surface area (Å²) in [5.41, 5.74) is 3.83. The monoisotopic (exact) mass is 501 g/mol. The van der Waals surface area contributed by atoms with Gasteiger partial charge in [-0.05, 0) is 69.2 Å². The lowest BCUT2D eigenvalue weighted by atomic mass is 10.1. The molecule has 0 aliphatic carbocycles. The molecule has 1 N–H and O–H groups in total. The number of carbonyl (C=O) groups excluding carboxylic acids is 1. The van der Waals surface area contributed by atoms with Crippen molar-refractivity contribution in [3.63, 3.8) is 0 Å². The number of benzene rings is 2. The number of aryl methyl sites for hydroxylation is 1. The second-order valence-electron chi connectivity index (χ2n) is 9.43. The molecule has 2 heterocycles. The molecule has 0 saturated heterocycles. The zero-order valence-electron chi connectivity index (χ0n) is 20.7. The van der Waals surface area contributed by atoms with Crippen molar-refractivity contribution in [3.05, 3.63) is 106 Å². The first kappa shape index (κ1) is 25.2. The fraction of sp³-hybridized carbons (Fsp3) is 0.207. The van der Waals surface area contributed by atoms with Crippen LogP contribution in [0.2, 0.25) is 5.02 Å². The van der Waals surface area contributed by atoms with Crippen LogP contribution < -0.4 is 5.32 Å². The van der Waals surface area contributed by atoms with E-state index >= 15 is 0 Å². The molecule has 0 amide bonds. The number of rotatable bonds is 7. The molecule has 6 nitrogen and oxygen atoms in total. The van der Waals surface area contributed by atoms with E-state index in [1.165, 1.54) is 0 Å². The predicted molar refractivity (Wildman–Crippen MR) is 143 cm³/mol. The average molecular weight is 502 g/mol. The molecule has 0 saturated carbocycles. The van der Waals surface area contributed by atoms with E-state index in [0.717, 1.165) is 16.7 Å². The van der Waals surface area contributed by atoms with Gasteiger partial charge in [0.2, 0.25) is 0 Å². The number of hydrogen-bond donors (Lipinski definition) is 1. The van der Waals surface area contributed by atoms with Crippen LogP contribution in [-0.2, 0) is 16.0 Å². The van der Waals surface area contributed by atoms with E-state index in [4.69, 9.17) is 25.7 Å². The van der Waals surface area contributed by atoms with Crippen molar-refractivity contribution >= 4 is 29.5 Å². The first-order valence-electron chi connectivity index (χ1n) is 11.6. The molecule has 2 aromatic heterocycles. The number of nitrogens with zero attached hydrogens (tertiary/aromatic N) is 2. The predicted octanol–water partition coefficient (Wildman–Crippen LogP) is 7.08. The third-order valence-corrected chi connectivity index (χ3v) is 5.32. The second kappa shape index (κ2) is 10.8. The lowest BCUT2D eigenvalue weighted by Crippen LogP contribution is -2.27. The van der Waals surface area contributed by atoms with Gasteiger partial charge in [-0.3, -0.25) is 0 Å². The molecule has 0 spiro atoms. The molecule has 0 unspecified atom stereocenters. The Kier molecular flexibility index (Phi) is 7.55. The molecule has 0 radical (unpaired) electrons. The minimum absolute atomic E-state index is 0.190. The maximum absolute atomic E-state index is 13.1. The van der Waals surface area contributed by atoms with E-state index in [9.17, 15) is 4.79 Å². The summed E-state index contributed by atoms with van der Waals surface area (Å²) in [5, 5.41) is 3.79. The number of furan rings is 1. The van der Waals surface area contributed by atoms with Crippen molar-refractivity contribution in [1.82, 2.24) is 9.97 Å². The van der Waals surface area contributed by atoms with Crippen LogP contribution >= 0.6 is 11.6 Å². The summed E-state index contributed by atoms with van der Waals surface area (Å²) in [5.74, 6) is 0.429. The Bertz CT molecular complexity index is 1350. The number of anilines is 1. The van der Waals surface area contributed by atoms with E-state index in [2.05, 4.69) is 10.3 Å². The molecule has 0 aliphatic rings. The highest BCUT2D eigenvalue weighted by atomic mass is 35.5. The Hall–Kier alpha value is -3.90. The molecule has 184 valence electrons. The quantitative estimate of drug-likeness (QED) is 0.215. The Morgan fingerprint density at radius 1 is 1.11 bits per heavy atom. The number of carbonyl (C=O) groups is 1. The Balaban J connectivity index is 1.76. The molecular weight excluding hydrogens is 474 g/mol. The van der Waals surface area contributed by atoms with Gasteiger partial charge >= 0.3 is 5.97 Å². The highest BCUT2D eigenvalue weighted by molar-refractivity contribution is 6.30.